The number of rotatable bonds is 2. The molecule has 0 fully saturated rings. The third-order valence-electron chi connectivity index (χ3n) is 3.47. The van der Waals surface area contributed by atoms with Crippen LogP contribution in [0.2, 0.25) is 0 Å². The SMILES string of the molecule is Cc1cc(C)c2c(C(=O)O)cc(-c3ccc(C)s3)nc2c1. The molecule has 0 aliphatic rings. The Kier molecular flexibility index (Phi) is 3.26. The largest absolute Gasteiger partial charge is 0.478 e. The van der Waals surface area contributed by atoms with E-state index in [1.807, 2.05) is 45.0 Å². The molecule has 0 aliphatic heterocycles. The molecule has 0 saturated heterocycles. The van der Waals surface area contributed by atoms with E-state index in [1.165, 1.54) is 4.88 Å². The smallest absolute Gasteiger partial charge is 0.336 e. The molecule has 0 aliphatic carbocycles. The summed E-state index contributed by atoms with van der Waals surface area (Å²) in [5, 5.41) is 10.3. The Morgan fingerprint density at radius 2 is 1.90 bits per heavy atom. The van der Waals surface area contributed by atoms with Gasteiger partial charge in [0.05, 0.1) is 21.7 Å². The lowest BCUT2D eigenvalue weighted by Crippen LogP contribution is -2.01. The number of fused-ring (bicyclic) bond motifs is 1. The summed E-state index contributed by atoms with van der Waals surface area (Å²) in [5.41, 5.74) is 3.82. The van der Waals surface area contributed by atoms with Crippen molar-refractivity contribution in [3.63, 3.8) is 0 Å². The van der Waals surface area contributed by atoms with Gasteiger partial charge in [-0.15, -0.1) is 11.3 Å². The zero-order valence-electron chi connectivity index (χ0n) is 12.1. The number of hydrogen-bond donors (Lipinski definition) is 1. The molecule has 3 rings (SSSR count). The van der Waals surface area contributed by atoms with Gasteiger partial charge < -0.3 is 5.11 Å². The Labute approximate surface area is 126 Å². The summed E-state index contributed by atoms with van der Waals surface area (Å²) >= 11 is 1.62. The monoisotopic (exact) mass is 297 g/mol. The predicted octanol–water partition coefficient (Wildman–Crippen LogP) is 4.59. The molecule has 21 heavy (non-hydrogen) atoms. The van der Waals surface area contributed by atoms with Crippen molar-refractivity contribution in [2.75, 3.05) is 0 Å². The third-order valence-corrected chi connectivity index (χ3v) is 4.50. The fourth-order valence-electron chi connectivity index (χ4n) is 2.62. The second-order valence-electron chi connectivity index (χ2n) is 5.25. The molecule has 0 radical (unpaired) electrons. The standard InChI is InChI=1S/C17H15NO2S/c1-9-6-10(2)16-12(17(19)20)8-13(18-14(16)7-9)15-5-4-11(3)21-15/h4-8H,1-3H3,(H,19,20). The Morgan fingerprint density at radius 3 is 2.52 bits per heavy atom. The van der Waals surface area contributed by atoms with E-state index in [0.29, 0.717) is 5.56 Å². The zero-order valence-corrected chi connectivity index (χ0v) is 12.9. The highest BCUT2D eigenvalue weighted by Crippen LogP contribution is 2.31. The summed E-state index contributed by atoms with van der Waals surface area (Å²) in [6, 6.07) is 9.62. The maximum absolute atomic E-state index is 11.6. The van der Waals surface area contributed by atoms with Gasteiger partial charge >= 0.3 is 5.97 Å². The minimum Gasteiger partial charge on any atom is -0.478 e. The summed E-state index contributed by atoms with van der Waals surface area (Å²) in [4.78, 5) is 18.5. The number of aromatic carboxylic acids is 1. The normalized spacial score (nSPS) is 11.0. The lowest BCUT2D eigenvalue weighted by atomic mass is 10.0. The Hall–Kier alpha value is -2.20. The molecule has 4 heteroatoms. The average Bonchev–Trinajstić information content (AvgIpc) is 2.83. The molecule has 2 aromatic heterocycles. The van der Waals surface area contributed by atoms with E-state index in [4.69, 9.17) is 0 Å². The van der Waals surface area contributed by atoms with Crippen molar-refractivity contribution in [1.29, 1.82) is 0 Å². The van der Waals surface area contributed by atoms with E-state index >= 15 is 0 Å². The van der Waals surface area contributed by atoms with Crippen molar-refractivity contribution in [1.82, 2.24) is 4.98 Å². The molecule has 0 saturated carbocycles. The number of aromatic nitrogens is 1. The first-order valence-electron chi connectivity index (χ1n) is 6.68. The highest BCUT2D eigenvalue weighted by atomic mass is 32.1. The molecule has 0 amide bonds. The van der Waals surface area contributed by atoms with E-state index in [2.05, 4.69) is 4.98 Å². The third kappa shape index (κ3) is 2.43. The molecule has 0 atom stereocenters. The molecule has 3 nitrogen and oxygen atoms in total. The average molecular weight is 297 g/mol. The molecular weight excluding hydrogens is 282 g/mol. The van der Waals surface area contributed by atoms with Crippen LogP contribution in [0.1, 0.15) is 26.4 Å². The van der Waals surface area contributed by atoms with Crippen molar-refractivity contribution in [3.05, 3.63) is 51.9 Å². The fraction of sp³-hybridized carbons (Fsp3) is 0.176. The van der Waals surface area contributed by atoms with Crippen molar-refractivity contribution in [2.45, 2.75) is 20.8 Å². The number of hydrogen-bond acceptors (Lipinski definition) is 3. The van der Waals surface area contributed by atoms with E-state index in [0.717, 1.165) is 32.6 Å². The number of thiophene rings is 1. The first-order chi connectivity index (χ1) is 9.95. The summed E-state index contributed by atoms with van der Waals surface area (Å²) in [6.45, 7) is 5.95. The summed E-state index contributed by atoms with van der Waals surface area (Å²) in [6.07, 6.45) is 0. The van der Waals surface area contributed by atoms with Crippen LogP contribution in [0, 0.1) is 20.8 Å². The van der Waals surface area contributed by atoms with Crippen molar-refractivity contribution in [2.24, 2.45) is 0 Å². The number of carboxylic acid groups (broad SMARTS) is 1. The quantitative estimate of drug-likeness (QED) is 0.752. The van der Waals surface area contributed by atoms with Crippen LogP contribution in [-0.4, -0.2) is 16.1 Å². The molecule has 1 aromatic carbocycles. The van der Waals surface area contributed by atoms with Gasteiger partial charge in [0.25, 0.3) is 0 Å². The second-order valence-corrected chi connectivity index (χ2v) is 6.53. The summed E-state index contributed by atoms with van der Waals surface area (Å²) in [5.74, 6) is -0.913. The first kappa shape index (κ1) is 13.8. The Morgan fingerprint density at radius 1 is 1.14 bits per heavy atom. The molecule has 0 unspecified atom stereocenters. The van der Waals surface area contributed by atoms with Crippen LogP contribution in [0.3, 0.4) is 0 Å². The van der Waals surface area contributed by atoms with Gasteiger partial charge in [-0.2, -0.15) is 0 Å². The van der Waals surface area contributed by atoms with E-state index in [1.54, 1.807) is 17.4 Å². The lowest BCUT2D eigenvalue weighted by Gasteiger charge is -2.09. The lowest BCUT2D eigenvalue weighted by molar-refractivity contribution is 0.0699. The number of carboxylic acids is 1. The van der Waals surface area contributed by atoms with Crippen molar-refractivity contribution in [3.8, 4) is 10.6 Å². The molecular formula is C17H15NO2S. The minimum absolute atomic E-state index is 0.318. The maximum atomic E-state index is 11.6. The molecule has 3 aromatic rings. The summed E-state index contributed by atoms with van der Waals surface area (Å²) < 4.78 is 0. The molecule has 2 heterocycles. The Bertz CT molecular complexity index is 865. The first-order valence-corrected chi connectivity index (χ1v) is 7.49. The van der Waals surface area contributed by atoms with E-state index in [9.17, 15) is 9.90 Å². The Balaban J connectivity index is 2.37. The molecule has 0 bridgehead atoms. The number of aryl methyl sites for hydroxylation is 3. The predicted molar refractivity (Wildman–Crippen MR) is 86.2 cm³/mol. The van der Waals surface area contributed by atoms with Crippen molar-refractivity contribution < 1.29 is 9.90 Å². The second kappa shape index (κ2) is 4.97. The summed E-state index contributed by atoms with van der Waals surface area (Å²) in [7, 11) is 0. The highest BCUT2D eigenvalue weighted by Gasteiger charge is 2.15. The van der Waals surface area contributed by atoms with Crippen LogP contribution in [-0.2, 0) is 0 Å². The number of pyridine rings is 1. The maximum Gasteiger partial charge on any atom is 0.336 e. The van der Waals surface area contributed by atoms with E-state index in [-0.39, 0.29) is 0 Å². The van der Waals surface area contributed by atoms with Crippen LogP contribution in [0.15, 0.2) is 30.3 Å². The van der Waals surface area contributed by atoms with Crippen LogP contribution in [0.4, 0.5) is 0 Å². The van der Waals surface area contributed by atoms with Crippen LogP contribution in [0.25, 0.3) is 21.5 Å². The fourth-order valence-corrected chi connectivity index (χ4v) is 3.45. The van der Waals surface area contributed by atoms with Gasteiger partial charge in [-0.05, 0) is 56.2 Å². The molecule has 106 valence electrons. The molecule has 0 spiro atoms. The number of benzene rings is 1. The zero-order chi connectivity index (χ0) is 15.1. The number of nitrogens with zero attached hydrogens (tertiary/aromatic N) is 1. The van der Waals surface area contributed by atoms with Crippen LogP contribution in [0.5, 0.6) is 0 Å². The van der Waals surface area contributed by atoms with Gasteiger partial charge in [0, 0.05) is 10.3 Å². The van der Waals surface area contributed by atoms with Gasteiger partial charge in [-0.3, -0.25) is 0 Å². The van der Waals surface area contributed by atoms with Gasteiger partial charge in [0.2, 0.25) is 0 Å². The number of carbonyl (C=O) groups is 1. The highest BCUT2D eigenvalue weighted by molar-refractivity contribution is 7.15. The van der Waals surface area contributed by atoms with Gasteiger partial charge in [-0.1, -0.05) is 6.07 Å². The van der Waals surface area contributed by atoms with Gasteiger partial charge in [-0.25, -0.2) is 9.78 Å². The van der Waals surface area contributed by atoms with Crippen LogP contribution >= 0.6 is 11.3 Å². The topological polar surface area (TPSA) is 50.2 Å². The molecule has 1 N–H and O–H groups in total. The van der Waals surface area contributed by atoms with E-state index < -0.39 is 5.97 Å². The van der Waals surface area contributed by atoms with Gasteiger partial charge in [0.15, 0.2) is 0 Å². The minimum atomic E-state index is -0.913. The van der Waals surface area contributed by atoms with Crippen molar-refractivity contribution >= 4 is 28.2 Å². The van der Waals surface area contributed by atoms with Crippen LogP contribution < -0.4 is 0 Å². The van der Waals surface area contributed by atoms with Gasteiger partial charge in [0.1, 0.15) is 0 Å².